The fourth-order valence-electron chi connectivity index (χ4n) is 2.79. The van der Waals surface area contributed by atoms with E-state index in [4.69, 9.17) is 5.10 Å². The molecule has 0 radical (unpaired) electrons. The van der Waals surface area contributed by atoms with Crippen LogP contribution in [0.5, 0.6) is 0 Å². The summed E-state index contributed by atoms with van der Waals surface area (Å²) < 4.78 is 2.22. The van der Waals surface area contributed by atoms with Gasteiger partial charge in [-0.1, -0.05) is 27.7 Å². The van der Waals surface area contributed by atoms with E-state index in [1.54, 1.807) is 0 Å². The Bertz CT molecular complexity index is 364. The summed E-state index contributed by atoms with van der Waals surface area (Å²) in [7, 11) is 0. The van der Waals surface area contributed by atoms with Gasteiger partial charge in [-0.2, -0.15) is 5.10 Å². The molecule has 0 saturated carbocycles. The van der Waals surface area contributed by atoms with Crippen LogP contribution in [-0.2, 0) is 0 Å². The topological polar surface area (TPSA) is 29.9 Å². The molecule has 0 spiro atoms. The maximum atomic E-state index is 4.85. The van der Waals surface area contributed by atoms with E-state index in [0.717, 1.165) is 6.54 Å². The summed E-state index contributed by atoms with van der Waals surface area (Å²) in [5, 5.41) is 8.32. The Balaban J connectivity index is 2.30. The minimum Gasteiger partial charge on any atom is -0.370 e. The maximum absolute atomic E-state index is 4.85. The van der Waals surface area contributed by atoms with E-state index in [1.165, 1.54) is 30.8 Å². The van der Waals surface area contributed by atoms with Crippen LogP contribution in [-0.4, -0.2) is 16.3 Å². The van der Waals surface area contributed by atoms with Crippen LogP contribution in [0.25, 0.3) is 0 Å². The molecule has 0 aliphatic carbocycles. The highest BCUT2D eigenvalue weighted by Crippen LogP contribution is 2.32. The molecule has 1 aromatic rings. The lowest BCUT2D eigenvalue weighted by atomic mass is 9.99. The Morgan fingerprint density at radius 1 is 1.41 bits per heavy atom. The minimum absolute atomic E-state index is 0.564. The number of hydrogen-bond acceptors (Lipinski definition) is 2. The summed E-state index contributed by atoms with van der Waals surface area (Å²) in [6, 6.07) is 2.82. The van der Waals surface area contributed by atoms with Crippen molar-refractivity contribution in [2.24, 2.45) is 5.92 Å². The Hall–Kier alpha value is -0.990. The fourth-order valence-corrected chi connectivity index (χ4v) is 2.79. The van der Waals surface area contributed by atoms with E-state index in [9.17, 15) is 0 Å². The van der Waals surface area contributed by atoms with Gasteiger partial charge in [-0.25, -0.2) is 4.68 Å². The molecule has 1 unspecified atom stereocenters. The second-order valence-electron chi connectivity index (χ2n) is 5.44. The van der Waals surface area contributed by atoms with Crippen LogP contribution in [0, 0.1) is 5.92 Å². The van der Waals surface area contributed by atoms with Crippen molar-refractivity contribution in [3.63, 3.8) is 0 Å². The van der Waals surface area contributed by atoms with Gasteiger partial charge < -0.3 is 5.32 Å². The van der Waals surface area contributed by atoms with Gasteiger partial charge in [0.05, 0.1) is 11.7 Å². The highest BCUT2D eigenvalue weighted by atomic mass is 15.4. The van der Waals surface area contributed by atoms with E-state index in [2.05, 4.69) is 43.8 Å². The van der Waals surface area contributed by atoms with Crippen LogP contribution >= 0.6 is 0 Å². The van der Waals surface area contributed by atoms with Crippen molar-refractivity contribution in [1.29, 1.82) is 0 Å². The number of aromatic nitrogens is 2. The molecule has 0 aromatic carbocycles. The van der Waals surface area contributed by atoms with E-state index in [-0.39, 0.29) is 0 Å². The second-order valence-corrected chi connectivity index (χ2v) is 5.44. The molecule has 96 valence electrons. The Labute approximate surface area is 105 Å². The van der Waals surface area contributed by atoms with Gasteiger partial charge in [-0.05, 0) is 25.2 Å². The van der Waals surface area contributed by atoms with Gasteiger partial charge in [0.25, 0.3) is 0 Å². The Morgan fingerprint density at radius 3 is 2.71 bits per heavy atom. The van der Waals surface area contributed by atoms with Gasteiger partial charge in [0, 0.05) is 18.5 Å². The van der Waals surface area contributed by atoms with E-state index in [0.29, 0.717) is 17.9 Å². The van der Waals surface area contributed by atoms with Crippen molar-refractivity contribution < 1.29 is 0 Å². The molecule has 1 N–H and O–H groups in total. The molecule has 3 nitrogen and oxygen atoms in total. The second kappa shape index (κ2) is 5.11. The molecule has 2 rings (SSSR count). The summed E-state index contributed by atoms with van der Waals surface area (Å²) in [5.41, 5.74) is 1.27. The zero-order valence-electron chi connectivity index (χ0n) is 11.5. The zero-order valence-corrected chi connectivity index (χ0v) is 11.5. The fraction of sp³-hybridized carbons (Fsp3) is 0.786. The van der Waals surface area contributed by atoms with Crippen LogP contribution < -0.4 is 5.32 Å². The summed E-state index contributed by atoms with van der Waals surface area (Å²) in [6.07, 6.45) is 3.55. The number of nitrogens with zero attached hydrogens (tertiary/aromatic N) is 2. The smallest absolute Gasteiger partial charge is 0.124 e. The van der Waals surface area contributed by atoms with Crippen LogP contribution in [0.4, 0.5) is 5.82 Å². The highest BCUT2D eigenvalue weighted by Gasteiger charge is 2.25. The van der Waals surface area contributed by atoms with Crippen molar-refractivity contribution in [2.75, 3.05) is 11.9 Å². The molecule has 1 aromatic heterocycles. The molecule has 1 aliphatic rings. The first kappa shape index (κ1) is 12.5. The van der Waals surface area contributed by atoms with Gasteiger partial charge in [-0.3, -0.25) is 0 Å². The molecule has 17 heavy (non-hydrogen) atoms. The first-order valence-electron chi connectivity index (χ1n) is 7.00. The third kappa shape index (κ3) is 2.33. The van der Waals surface area contributed by atoms with Crippen molar-refractivity contribution in [1.82, 2.24) is 9.78 Å². The van der Waals surface area contributed by atoms with Crippen LogP contribution in [0.15, 0.2) is 6.07 Å². The normalized spacial score (nSPS) is 19.5. The standard InChI is InChI=1S/C14H25N3/c1-5-11(6-2)12-9-14-15-8-7-13(10(3)4)17(14)16-12/h9-11,13,15H,5-8H2,1-4H3. The molecule has 1 atom stereocenters. The molecule has 2 heterocycles. The van der Waals surface area contributed by atoms with Crippen molar-refractivity contribution in [3.8, 4) is 0 Å². The van der Waals surface area contributed by atoms with Crippen molar-refractivity contribution in [3.05, 3.63) is 11.8 Å². The monoisotopic (exact) mass is 235 g/mol. The first-order chi connectivity index (χ1) is 8.17. The predicted molar refractivity (Wildman–Crippen MR) is 72.5 cm³/mol. The third-order valence-corrected chi connectivity index (χ3v) is 3.99. The molecule has 0 amide bonds. The number of hydrogen-bond donors (Lipinski definition) is 1. The SMILES string of the molecule is CCC(CC)c1cc2n(n1)C(C(C)C)CCN2. The molecule has 1 aliphatic heterocycles. The molecular weight excluding hydrogens is 210 g/mol. The van der Waals surface area contributed by atoms with Crippen molar-refractivity contribution >= 4 is 5.82 Å². The Kier molecular flexibility index (Phi) is 3.75. The summed E-state index contributed by atoms with van der Waals surface area (Å²) in [4.78, 5) is 0. The number of rotatable bonds is 4. The van der Waals surface area contributed by atoms with E-state index < -0.39 is 0 Å². The van der Waals surface area contributed by atoms with Gasteiger partial charge in [0.15, 0.2) is 0 Å². The zero-order chi connectivity index (χ0) is 12.4. The highest BCUT2D eigenvalue weighted by molar-refractivity contribution is 5.40. The third-order valence-electron chi connectivity index (χ3n) is 3.99. The van der Waals surface area contributed by atoms with Gasteiger partial charge in [0.1, 0.15) is 5.82 Å². The van der Waals surface area contributed by atoms with Gasteiger partial charge in [-0.15, -0.1) is 0 Å². The molecule has 0 bridgehead atoms. The minimum atomic E-state index is 0.564. The summed E-state index contributed by atoms with van der Waals surface area (Å²) in [5.74, 6) is 2.49. The van der Waals surface area contributed by atoms with Crippen molar-refractivity contribution in [2.45, 2.75) is 58.9 Å². The van der Waals surface area contributed by atoms with Crippen LogP contribution in [0.2, 0.25) is 0 Å². The predicted octanol–water partition coefficient (Wildman–Crippen LogP) is 3.80. The molecule has 0 fully saturated rings. The van der Waals surface area contributed by atoms with Crippen LogP contribution in [0.1, 0.15) is 64.6 Å². The van der Waals surface area contributed by atoms with Gasteiger partial charge >= 0.3 is 0 Å². The lowest BCUT2D eigenvalue weighted by Crippen LogP contribution is -2.26. The van der Waals surface area contributed by atoms with E-state index in [1.807, 2.05) is 0 Å². The average molecular weight is 235 g/mol. The Morgan fingerprint density at radius 2 is 2.12 bits per heavy atom. The lowest BCUT2D eigenvalue weighted by molar-refractivity contribution is 0.320. The first-order valence-corrected chi connectivity index (χ1v) is 7.00. The number of fused-ring (bicyclic) bond motifs is 1. The van der Waals surface area contributed by atoms with E-state index >= 15 is 0 Å². The number of anilines is 1. The quantitative estimate of drug-likeness (QED) is 0.860. The van der Waals surface area contributed by atoms with Gasteiger partial charge in [0.2, 0.25) is 0 Å². The average Bonchev–Trinajstić information content (AvgIpc) is 2.73. The maximum Gasteiger partial charge on any atom is 0.124 e. The summed E-state index contributed by atoms with van der Waals surface area (Å²) in [6.45, 7) is 10.2. The summed E-state index contributed by atoms with van der Waals surface area (Å²) >= 11 is 0. The molecular formula is C14H25N3. The van der Waals surface area contributed by atoms with Crippen LogP contribution in [0.3, 0.4) is 0 Å². The lowest BCUT2D eigenvalue weighted by Gasteiger charge is -2.28. The molecule has 3 heteroatoms. The molecule has 0 saturated heterocycles. The largest absolute Gasteiger partial charge is 0.370 e. The number of nitrogens with one attached hydrogen (secondary N) is 1.